The summed E-state index contributed by atoms with van der Waals surface area (Å²) in [5.41, 5.74) is 3.24. The molecule has 0 aliphatic heterocycles. The van der Waals surface area contributed by atoms with Crippen LogP contribution in [0.3, 0.4) is 0 Å². The highest BCUT2D eigenvalue weighted by atomic mass is 16.1. The second-order valence-corrected chi connectivity index (χ2v) is 6.33. The van der Waals surface area contributed by atoms with Crippen LogP contribution in [0.2, 0.25) is 0 Å². The van der Waals surface area contributed by atoms with E-state index in [1.807, 2.05) is 26.0 Å². The topological polar surface area (TPSA) is 84.7 Å². The van der Waals surface area contributed by atoms with Crippen LogP contribution in [0, 0.1) is 26.7 Å². The maximum atomic E-state index is 11.7. The Bertz CT molecular complexity index is 717. The number of rotatable bonds is 6. The first-order chi connectivity index (χ1) is 11.6. The fraction of sp³-hybridized carbons (Fsp3) is 0.529. The van der Waals surface area contributed by atoms with Gasteiger partial charge in [-0.05, 0) is 51.3 Å². The van der Waals surface area contributed by atoms with Gasteiger partial charge in [-0.25, -0.2) is 4.68 Å². The van der Waals surface area contributed by atoms with Gasteiger partial charge in [-0.3, -0.25) is 4.79 Å². The summed E-state index contributed by atoms with van der Waals surface area (Å²) in [5, 5.41) is 19.0. The van der Waals surface area contributed by atoms with Crippen molar-refractivity contribution in [3.05, 3.63) is 29.1 Å². The fourth-order valence-electron chi connectivity index (χ4n) is 2.67. The number of aromatic nitrogens is 4. The highest BCUT2D eigenvalue weighted by Crippen LogP contribution is 2.25. The minimum Gasteiger partial charge on any atom is -0.367 e. The molecule has 0 unspecified atom stereocenters. The molecular formula is C17H24N6O. The van der Waals surface area contributed by atoms with E-state index in [2.05, 4.69) is 32.9 Å². The van der Waals surface area contributed by atoms with Gasteiger partial charge in [0.2, 0.25) is 5.91 Å². The SMILES string of the molecule is Cc1nn(-c2ccc(NCCNC(=O)C3CCC3)nn2)c(C)c1C. The Morgan fingerprint density at radius 3 is 2.54 bits per heavy atom. The van der Waals surface area contributed by atoms with Crippen molar-refractivity contribution in [2.24, 2.45) is 5.92 Å². The maximum absolute atomic E-state index is 11.7. The monoisotopic (exact) mass is 328 g/mol. The van der Waals surface area contributed by atoms with Crippen molar-refractivity contribution in [2.75, 3.05) is 18.4 Å². The summed E-state index contributed by atoms with van der Waals surface area (Å²) in [6.07, 6.45) is 3.23. The third-order valence-electron chi connectivity index (χ3n) is 4.73. The molecule has 2 heterocycles. The van der Waals surface area contributed by atoms with Crippen LogP contribution in [0.5, 0.6) is 0 Å². The Morgan fingerprint density at radius 2 is 2.00 bits per heavy atom. The Hall–Kier alpha value is -2.44. The number of nitrogens with zero attached hydrogens (tertiary/aromatic N) is 4. The number of carbonyl (C=O) groups excluding carboxylic acids is 1. The first kappa shape index (κ1) is 16.4. The van der Waals surface area contributed by atoms with Crippen molar-refractivity contribution < 1.29 is 4.79 Å². The zero-order valence-corrected chi connectivity index (χ0v) is 14.5. The Morgan fingerprint density at radius 1 is 1.21 bits per heavy atom. The van der Waals surface area contributed by atoms with Crippen LogP contribution in [0.15, 0.2) is 12.1 Å². The molecule has 0 radical (unpaired) electrons. The van der Waals surface area contributed by atoms with Crippen LogP contribution in [0.25, 0.3) is 5.82 Å². The van der Waals surface area contributed by atoms with E-state index >= 15 is 0 Å². The van der Waals surface area contributed by atoms with Crippen molar-refractivity contribution in [2.45, 2.75) is 40.0 Å². The first-order valence-corrected chi connectivity index (χ1v) is 8.45. The predicted octanol–water partition coefficient (Wildman–Crippen LogP) is 1.92. The number of nitrogens with one attached hydrogen (secondary N) is 2. The van der Waals surface area contributed by atoms with Crippen LogP contribution in [-0.2, 0) is 4.79 Å². The summed E-state index contributed by atoms with van der Waals surface area (Å²) in [6.45, 7) is 7.28. The zero-order chi connectivity index (χ0) is 17.1. The summed E-state index contributed by atoms with van der Waals surface area (Å²) in [5.74, 6) is 1.79. The van der Waals surface area contributed by atoms with Crippen LogP contribution in [0.1, 0.15) is 36.2 Å². The zero-order valence-electron chi connectivity index (χ0n) is 14.5. The average molecular weight is 328 g/mol. The molecule has 0 aromatic carbocycles. The summed E-state index contributed by atoms with van der Waals surface area (Å²) in [4.78, 5) is 11.7. The van der Waals surface area contributed by atoms with Gasteiger partial charge in [0.1, 0.15) is 5.82 Å². The minimum atomic E-state index is 0.171. The molecule has 1 fully saturated rings. The predicted molar refractivity (Wildman–Crippen MR) is 92.2 cm³/mol. The molecule has 3 rings (SSSR count). The second kappa shape index (κ2) is 6.98. The fourth-order valence-corrected chi connectivity index (χ4v) is 2.67. The molecule has 1 aliphatic rings. The van der Waals surface area contributed by atoms with E-state index in [0.717, 1.165) is 24.2 Å². The second-order valence-electron chi connectivity index (χ2n) is 6.33. The van der Waals surface area contributed by atoms with Crippen LogP contribution in [-0.4, -0.2) is 39.0 Å². The number of aryl methyl sites for hydroxylation is 1. The molecule has 0 spiro atoms. The van der Waals surface area contributed by atoms with Gasteiger partial charge in [0.25, 0.3) is 0 Å². The number of amides is 1. The number of anilines is 1. The summed E-state index contributed by atoms with van der Waals surface area (Å²) in [6, 6.07) is 3.77. The number of hydrogen-bond donors (Lipinski definition) is 2. The summed E-state index contributed by atoms with van der Waals surface area (Å²) < 4.78 is 1.81. The summed E-state index contributed by atoms with van der Waals surface area (Å²) >= 11 is 0. The summed E-state index contributed by atoms with van der Waals surface area (Å²) in [7, 11) is 0. The Kier molecular flexibility index (Phi) is 4.78. The standard InChI is InChI=1S/C17H24N6O/c1-11-12(2)22-23(13(11)3)16-8-7-15(20-21-16)18-9-10-19-17(24)14-5-4-6-14/h7-8,14H,4-6,9-10H2,1-3H3,(H,18,20)(H,19,24). The molecule has 2 aromatic rings. The van der Waals surface area contributed by atoms with E-state index in [1.165, 1.54) is 12.0 Å². The van der Waals surface area contributed by atoms with E-state index in [-0.39, 0.29) is 11.8 Å². The lowest BCUT2D eigenvalue weighted by molar-refractivity contribution is -0.127. The van der Waals surface area contributed by atoms with Gasteiger partial charge < -0.3 is 10.6 Å². The largest absolute Gasteiger partial charge is 0.367 e. The molecule has 1 saturated carbocycles. The van der Waals surface area contributed by atoms with Crippen LogP contribution < -0.4 is 10.6 Å². The molecule has 24 heavy (non-hydrogen) atoms. The lowest BCUT2D eigenvalue weighted by Gasteiger charge is -2.24. The van der Waals surface area contributed by atoms with Crippen molar-refractivity contribution >= 4 is 11.7 Å². The molecule has 2 N–H and O–H groups in total. The highest BCUT2D eigenvalue weighted by Gasteiger charge is 2.24. The number of carbonyl (C=O) groups is 1. The van der Waals surface area contributed by atoms with E-state index in [1.54, 1.807) is 4.68 Å². The van der Waals surface area contributed by atoms with E-state index < -0.39 is 0 Å². The van der Waals surface area contributed by atoms with E-state index in [0.29, 0.717) is 24.7 Å². The molecule has 1 aliphatic carbocycles. The molecular weight excluding hydrogens is 304 g/mol. The van der Waals surface area contributed by atoms with Gasteiger partial charge in [-0.2, -0.15) is 5.10 Å². The molecule has 0 bridgehead atoms. The molecule has 128 valence electrons. The normalized spacial score (nSPS) is 14.3. The third-order valence-corrected chi connectivity index (χ3v) is 4.73. The lowest BCUT2D eigenvalue weighted by atomic mass is 9.85. The van der Waals surface area contributed by atoms with Crippen molar-refractivity contribution in [3.8, 4) is 5.82 Å². The first-order valence-electron chi connectivity index (χ1n) is 8.45. The molecule has 7 nitrogen and oxygen atoms in total. The third kappa shape index (κ3) is 3.39. The Balaban J connectivity index is 1.51. The smallest absolute Gasteiger partial charge is 0.223 e. The molecule has 0 atom stereocenters. The molecule has 1 amide bonds. The maximum Gasteiger partial charge on any atom is 0.223 e. The van der Waals surface area contributed by atoms with Crippen LogP contribution in [0.4, 0.5) is 5.82 Å². The van der Waals surface area contributed by atoms with Crippen molar-refractivity contribution in [3.63, 3.8) is 0 Å². The van der Waals surface area contributed by atoms with Gasteiger partial charge >= 0.3 is 0 Å². The van der Waals surface area contributed by atoms with Gasteiger partial charge in [-0.15, -0.1) is 10.2 Å². The molecule has 2 aromatic heterocycles. The molecule has 0 saturated heterocycles. The minimum absolute atomic E-state index is 0.171. The van der Waals surface area contributed by atoms with E-state index in [4.69, 9.17) is 0 Å². The van der Waals surface area contributed by atoms with Crippen molar-refractivity contribution in [1.29, 1.82) is 0 Å². The van der Waals surface area contributed by atoms with Gasteiger partial charge in [0.15, 0.2) is 5.82 Å². The van der Waals surface area contributed by atoms with E-state index in [9.17, 15) is 4.79 Å². The average Bonchev–Trinajstić information content (AvgIpc) is 2.78. The Labute approximate surface area is 141 Å². The highest BCUT2D eigenvalue weighted by molar-refractivity contribution is 5.79. The van der Waals surface area contributed by atoms with Gasteiger partial charge in [0, 0.05) is 24.7 Å². The van der Waals surface area contributed by atoms with Crippen LogP contribution >= 0.6 is 0 Å². The van der Waals surface area contributed by atoms with Gasteiger partial charge in [-0.1, -0.05) is 6.42 Å². The molecule has 7 heteroatoms. The van der Waals surface area contributed by atoms with Crippen molar-refractivity contribution in [1.82, 2.24) is 25.3 Å². The quantitative estimate of drug-likeness (QED) is 0.791. The lowest BCUT2D eigenvalue weighted by Crippen LogP contribution is -2.36. The number of hydrogen-bond acceptors (Lipinski definition) is 5. The van der Waals surface area contributed by atoms with Gasteiger partial charge in [0.05, 0.1) is 5.69 Å².